The Morgan fingerprint density at radius 1 is 0.500 bits per heavy atom. The number of rotatable bonds is 8. The first-order valence-corrected chi connectivity index (χ1v) is 10.1. The fraction of sp³-hybridized carbons (Fsp3) is 0.444. The molecule has 0 saturated heterocycles. The fourth-order valence-corrected chi connectivity index (χ4v) is 3.70. The predicted octanol–water partition coefficient (Wildman–Crippen LogP) is 1.28. The van der Waals surface area contributed by atoms with E-state index in [0.717, 1.165) is 0 Å². The second-order valence-electron chi connectivity index (χ2n) is 6.37. The van der Waals surface area contributed by atoms with E-state index in [1.807, 2.05) is 0 Å². The summed E-state index contributed by atoms with van der Waals surface area (Å²) in [6.45, 7) is 4.67. The third-order valence-corrected chi connectivity index (χ3v) is 6.68. The van der Waals surface area contributed by atoms with E-state index in [1.54, 1.807) is 0 Å². The van der Waals surface area contributed by atoms with Crippen LogP contribution in [0, 0.1) is 0 Å². The number of carbonyl (C=O) groups excluding carboxylic acids is 6. The monoisotopic (exact) mass is 460 g/mol. The highest BCUT2D eigenvalue weighted by Crippen LogP contribution is 2.38. The summed E-state index contributed by atoms with van der Waals surface area (Å²) in [6.07, 6.45) is 0. The van der Waals surface area contributed by atoms with Crippen molar-refractivity contribution < 1.29 is 28.8 Å². The highest BCUT2D eigenvalue weighted by Gasteiger charge is 2.45. The first-order chi connectivity index (χ1) is 12.7. The van der Waals surface area contributed by atoms with E-state index in [9.17, 15) is 28.8 Å². The first-order valence-electron chi connectivity index (χ1n) is 8.07. The van der Waals surface area contributed by atoms with Crippen molar-refractivity contribution in [2.75, 3.05) is 0 Å². The molecule has 0 amide bonds. The molecule has 0 radical (unpaired) electrons. The Hall–Kier alpha value is -1.10. The van der Waals surface area contributed by atoms with E-state index in [4.69, 9.17) is 0 Å². The van der Waals surface area contributed by atoms with Crippen LogP contribution >= 0.6 is 50.5 Å². The zero-order valence-electron chi connectivity index (χ0n) is 15.5. The maximum Gasteiger partial charge on any atom is 0.189 e. The topological polar surface area (TPSA) is 102 Å². The molecule has 152 valence electrons. The number of hydrogen-bond acceptors (Lipinski definition) is 10. The molecule has 1 aliphatic rings. The molecule has 0 N–H and O–H groups in total. The van der Waals surface area contributed by atoms with E-state index in [1.165, 1.54) is 27.7 Å². The smallest absolute Gasteiger partial charge is 0.189 e. The Morgan fingerprint density at radius 2 is 0.643 bits per heavy atom. The molecule has 0 aromatic rings. The molecule has 6 nitrogen and oxygen atoms in total. The van der Waals surface area contributed by atoms with Gasteiger partial charge in [-0.15, -0.1) is 0 Å². The molecule has 0 aliphatic heterocycles. The summed E-state index contributed by atoms with van der Waals surface area (Å²) in [4.78, 5) is 74.2. The van der Waals surface area contributed by atoms with E-state index < -0.39 is 55.7 Å². The Labute approximate surface area is 184 Å². The van der Waals surface area contributed by atoms with E-state index in [0.29, 0.717) is 0 Å². The second kappa shape index (κ2) is 9.60. The van der Waals surface area contributed by atoms with Gasteiger partial charge in [-0.25, -0.2) is 0 Å². The van der Waals surface area contributed by atoms with Gasteiger partial charge in [0.2, 0.25) is 0 Å². The van der Waals surface area contributed by atoms with Gasteiger partial charge in [0.15, 0.2) is 11.6 Å². The number of hydrogen-bond donors (Lipinski definition) is 4. The maximum atomic E-state index is 13.3. The first kappa shape index (κ1) is 24.9. The van der Waals surface area contributed by atoms with Gasteiger partial charge in [0.1, 0.15) is 23.1 Å². The molecular weight excluding hydrogens is 440 g/mol. The molecule has 4 atom stereocenters. The van der Waals surface area contributed by atoms with Gasteiger partial charge in [0.05, 0.1) is 21.0 Å². The SMILES string of the molecule is CC(=O)C(S)C1=C(C(S)C(C)=O)C(=O)C(C(S)C(C)=O)=C(C(S)C(C)=O)C1=O. The van der Waals surface area contributed by atoms with Crippen LogP contribution in [0.1, 0.15) is 27.7 Å². The Kier molecular flexibility index (Phi) is 8.55. The molecule has 0 bridgehead atoms. The molecule has 0 spiro atoms. The van der Waals surface area contributed by atoms with Crippen LogP contribution in [0.15, 0.2) is 22.3 Å². The summed E-state index contributed by atoms with van der Waals surface area (Å²) in [7, 11) is 0. The van der Waals surface area contributed by atoms with E-state index in [-0.39, 0.29) is 22.3 Å². The summed E-state index contributed by atoms with van der Waals surface area (Å²) in [5, 5.41) is -5.28. The molecule has 0 heterocycles. The number of thiol groups is 4. The van der Waals surface area contributed by atoms with Gasteiger partial charge in [-0.3, -0.25) is 28.8 Å². The lowest BCUT2D eigenvalue weighted by Gasteiger charge is -2.30. The van der Waals surface area contributed by atoms with Crippen LogP contribution in [0.3, 0.4) is 0 Å². The fourth-order valence-electron chi connectivity index (χ4n) is 2.68. The van der Waals surface area contributed by atoms with Crippen molar-refractivity contribution in [1.29, 1.82) is 0 Å². The lowest BCUT2D eigenvalue weighted by atomic mass is 9.77. The number of ketones is 6. The number of carbonyl (C=O) groups is 6. The minimum Gasteiger partial charge on any atom is -0.298 e. The molecule has 0 fully saturated rings. The van der Waals surface area contributed by atoms with Gasteiger partial charge in [-0.05, 0) is 27.7 Å². The summed E-state index contributed by atoms with van der Waals surface area (Å²) in [5.74, 6) is -3.88. The van der Waals surface area contributed by atoms with E-state index >= 15 is 0 Å². The largest absolute Gasteiger partial charge is 0.298 e. The van der Waals surface area contributed by atoms with Crippen LogP contribution in [0.5, 0.6) is 0 Å². The molecule has 28 heavy (non-hydrogen) atoms. The molecule has 10 heteroatoms. The van der Waals surface area contributed by atoms with Crippen LogP contribution in [0.2, 0.25) is 0 Å². The molecule has 0 aromatic carbocycles. The van der Waals surface area contributed by atoms with Gasteiger partial charge in [-0.2, -0.15) is 50.5 Å². The van der Waals surface area contributed by atoms with Crippen molar-refractivity contribution in [3.8, 4) is 0 Å². The third-order valence-electron chi connectivity index (χ3n) is 4.19. The molecule has 0 aromatic heterocycles. The minimum absolute atomic E-state index is 0.334. The number of Topliss-reactive ketones (excluding diaryl/α,β-unsaturated/α-hetero) is 6. The zero-order chi connectivity index (χ0) is 22.1. The molecule has 1 rings (SSSR count). The summed E-state index contributed by atoms with van der Waals surface area (Å²) in [6, 6.07) is 0. The predicted molar refractivity (Wildman–Crippen MR) is 118 cm³/mol. The van der Waals surface area contributed by atoms with Gasteiger partial charge in [0, 0.05) is 22.3 Å². The van der Waals surface area contributed by atoms with Crippen LogP contribution < -0.4 is 0 Å². The summed E-state index contributed by atoms with van der Waals surface area (Å²) >= 11 is 16.5. The average molecular weight is 461 g/mol. The minimum atomic E-state index is -1.32. The normalized spacial score (nSPS) is 19.3. The van der Waals surface area contributed by atoms with Gasteiger partial charge in [0.25, 0.3) is 0 Å². The quantitative estimate of drug-likeness (QED) is 0.322. The average Bonchev–Trinajstić information content (AvgIpc) is 2.59. The van der Waals surface area contributed by atoms with Crippen LogP contribution in [-0.4, -0.2) is 55.7 Å². The maximum absolute atomic E-state index is 13.3. The van der Waals surface area contributed by atoms with Crippen molar-refractivity contribution in [2.45, 2.75) is 48.7 Å². The third kappa shape index (κ3) is 4.72. The zero-order valence-corrected chi connectivity index (χ0v) is 19.1. The van der Waals surface area contributed by atoms with Crippen molar-refractivity contribution in [1.82, 2.24) is 0 Å². The standard InChI is InChI=1S/C18H20O6S4/c1-5(19)15(25)9-10(16(26)6(2)20)14(24)12(18(28)8(4)22)11(13(9)23)17(27)7(3)21/h15-18,25-28H,1-4H3. The highest BCUT2D eigenvalue weighted by molar-refractivity contribution is 7.83. The molecule has 0 saturated carbocycles. The van der Waals surface area contributed by atoms with Gasteiger partial charge < -0.3 is 0 Å². The molecule has 1 aliphatic carbocycles. The van der Waals surface area contributed by atoms with Gasteiger partial charge in [-0.1, -0.05) is 0 Å². The van der Waals surface area contributed by atoms with E-state index in [2.05, 4.69) is 50.5 Å². The summed E-state index contributed by atoms with van der Waals surface area (Å²) < 4.78 is 0. The Balaban J connectivity index is 3.98. The molecule has 4 unspecified atom stereocenters. The van der Waals surface area contributed by atoms with Crippen LogP contribution in [-0.2, 0) is 28.8 Å². The van der Waals surface area contributed by atoms with Crippen LogP contribution in [0.4, 0.5) is 0 Å². The van der Waals surface area contributed by atoms with Crippen molar-refractivity contribution in [3.05, 3.63) is 22.3 Å². The van der Waals surface area contributed by atoms with Crippen molar-refractivity contribution >= 4 is 85.2 Å². The highest BCUT2D eigenvalue weighted by atomic mass is 32.1. The lowest BCUT2D eigenvalue weighted by Crippen LogP contribution is -2.41. The van der Waals surface area contributed by atoms with Crippen molar-refractivity contribution in [3.63, 3.8) is 0 Å². The second-order valence-corrected chi connectivity index (χ2v) is 8.43. The van der Waals surface area contributed by atoms with Gasteiger partial charge >= 0.3 is 0 Å². The lowest BCUT2D eigenvalue weighted by molar-refractivity contribution is -0.122. The van der Waals surface area contributed by atoms with Crippen LogP contribution in [0.25, 0.3) is 0 Å². The molecular formula is C18H20O6S4. The Bertz CT molecular complexity index is 720. The van der Waals surface area contributed by atoms with Crippen molar-refractivity contribution in [2.24, 2.45) is 0 Å². The Morgan fingerprint density at radius 3 is 0.750 bits per heavy atom. The summed E-state index contributed by atoms with van der Waals surface area (Å²) in [5.41, 5.74) is -1.34.